The first-order valence-electron chi connectivity index (χ1n) is 4.73. The monoisotopic (exact) mass is 241 g/mol. The smallest absolute Gasteiger partial charge is 0.305 e. The van der Waals surface area contributed by atoms with Gasteiger partial charge in [-0.3, -0.25) is 9.59 Å². The Bertz CT molecular complexity index is 373. The van der Waals surface area contributed by atoms with Crippen molar-refractivity contribution in [2.24, 2.45) is 0 Å². The van der Waals surface area contributed by atoms with E-state index >= 15 is 0 Å². The Kier molecular flexibility index (Phi) is 4.31. The van der Waals surface area contributed by atoms with Gasteiger partial charge < -0.3 is 10.4 Å². The van der Waals surface area contributed by atoms with Gasteiger partial charge in [-0.25, -0.2) is 0 Å². The Morgan fingerprint density at radius 1 is 1.38 bits per heavy atom. The number of aliphatic carboxylic acids is 1. The Morgan fingerprint density at radius 3 is 2.38 bits per heavy atom. The standard InChI is InChI=1S/C11H12ClNO3/c1-7(14)13-10(6-11(15)16)8-2-4-9(12)5-3-8/h2-5,10H,6H2,1H3,(H,13,14)(H,15,16)/t10-/m0/s1. The van der Waals surface area contributed by atoms with E-state index in [1.807, 2.05) is 0 Å². The van der Waals surface area contributed by atoms with E-state index in [1.165, 1.54) is 6.92 Å². The lowest BCUT2D eigenvalue weighted by Gasteiger charge is -2.16. The van der Waals surface area contributed by atoms with E-state index in [1.54, 1.807) is 24.3 Å². The number of hydrogen-bond acceptors (Lipinski definition) is 2. The zero-order valence-corrected chi connectivity index (χ0v) is 9.49. The first-order chi connectivity index (χ1) is 7.49. The zero-order chi connectivity index (χ0) is 12.1. The number of halogens is 1. The average Bonchev–Trinajstić information content (AvgIpc) is 2.16. The highest BCUT2D eigenvalue weighted by molar-refractivity contribution is 6.30. The lowest BCUT2D eigenvalue weighted by Crippen LogP contribution is -2.27. The number of hydrogen-bond donors (Lipinski definition) is 2. The topological polar surface area (TPSA) is 66.4 Å². The molecule has 0 aliphatic rings. The van der Waals surface area contributed by atoms with Crippen molar-refractivity contribution in [2.75, 3.05) is 0 Å². The van der Waals surface area contributed by atoms with Crippen LogP contribution in [0.5, 0.6) is 0 Å². The van der Waals surface area contributed by atoms with Crippen LogP contribution < -0.4 is 5.32 Å². The second-order valence-corrected chi connectivity index (χ2v) is 3.84. The van der Waals surface area contributed by atoms with Crippen molar-refractivity contribution < 1.29 is 14.7 Å². The molecule has 0 heterocycles. The fourth-order valence-corrected chi connectivity index (χ4v) is 1.49. The Morgan fingerprint density at radius 2 is 1.94 bits per heavy atom. The maximum Gasteiger partial charge on any atom is 0.305 e. The maximum atomic E-state index is 10.9. The van der Waals surface area contributed by atoms with Crippen LogP contribution >= 0.6 is 11.6 Å². The molecule has 0 saturated heterocycles. The summed E-state index contributed by atoms with van der Waals surface area (Å²) >= 11 is 5.72. The molecule has 1 aromatic carbocycles. The highest BCUT2D eigenvalue weighted by Gasteiger charge is 2.16. The van der Waals surface area contributed by atoms with Gasteiger partial charge in [0.05, 0.1) is 12.5 Å². The minimum atomic E-state index is -0.964. The highest BCUT2D eigenvalue weighted by Crippen LogP contribution is 2.19. The summed E-state index contributed by atoms with van der Waals surface area (Å²) in [6, 6.07) is 6.20. The van der Waals surface area contributed by atoms with Crippen LogP contribution in [-0.4, -0.2) is 17.0 Å². The summed E-state index contributed by atoms with van der Waals surface area (Å²) in [4.78, 5) is 21.6. The largest absolute Gasteiger partial charge is 0.481 e. The first kappa shape index (κ1) is 12.5. The summed E-state index contributed by atoms with van der Waals surface area (Å²) in [6.07, 6.45) is -0.152. The number of carboxylic acid groups (broad SMARTS) is 1. The van der Waals surface area contributed by atoms with Gasteiger partial charge in [-0.15, -0.1) is 0 Å². The molecule has 0 bridgehead atoms. The lowest BCUT2D eigenvalue weighted by atomic mass is 10.0. The summed E-state index contributed by atoms with van der Waals surface area (Å²) in [6.45, 7) is 1.35. The van der Waals surface area contributed by atoms with E-state index in [4.69, 9.17) is 16.7 Å². The van der Waals surface area contributed by atoms with Crippen molar-refractivity contribution in [1.29, 1.82) is 0 Å². The number of nitrogens with one attached hydrogen (secondary N) is 1. The minimum absolute atomic E-state index is 0.152. The van der Waals surface area contributed by atoms with Gasteiger partial charge in [-0.1, -0.05) is 23.7 Å². The molecule has 0 aliphatic carbocycles. The van der Waals surface area contributed by atoms with Crippen LogP contribution in [0.3, 0.4) is 0 Å². The minimum Gasteiger partial charge on any atom is -0.481 e. The first-order valence-corrected chi connectivity index (χ1v) is 5.11. The predicted molar refractivity (Wildman–Crippen MR) is 60.3 cm³/mol. The van der Waals surface area contributed by atoms with Crippen molar-refractivity contribution in [3.05, 3.63) is 34.9 Å². The second kappa shape index (κ2) is 5.51. The fourth-order valence-electron chi connectivity index (χ4n) is 1.37. The molecule has 0 unspecified atom stereocenters. The third-order valence-corrected chi connectivity index (χ3v) is 2.28. The number of carboxylic acids is 1. The highest BCUT2D eigenvalue weighted by atomic mass is 35.5. The molecule has 16 heavy (non-hydrogen) atoms. The van der Waals surface area contributed by atoms with Gasteiger partial charge >= 0.3 is 5.97 Å². The van der Waals surface area contributed by atoms with Gasteiger partial charge in [-0.05, 0) is 17.7 Å². The molecule has 0 aliphatic heterocycles. The van der Waals surface area contributed by atoms with E-state index in [2.05, 4.69) is 5.32 Å². The van der Waals surface area contributed by atoms with Gasteiger partial charge in [0.1, 0.15) is 0 Å². The van der Waals surface area contributed by atoms with Gasteiger partial charge in [0, 0.05) is 11.9 Å². The van der Waals surface area contributed by atoms with E-state index in [9.17, 15) is 9.59 Å². The normalized spacial score (nSPS) is 11.9. The number of amides is 1. The Labute approximate surface area is 98.2 Å². The van der Waals surface area contributed by atoms with Crippen LogP contribution in [0.4, 0.5) is 0 Å². The molecular formula is C11H12ClNO3. The van der Waals surface area contributed by atoms with Gasteiger partial charge in [0.15, 0.2) is 0 Å². The molecule has 0 fully saturated rings. The zero-order valence-electron chi connectivity index (χ0n) is 8.74. The van der Waals surface area contributed by atoms with Crippen molar-refractivity contribution >= 4 is 23.5 Å². The second-order valence-electron chi connectivity index (χ2n) is 3.40. The van der Waals surface area contributed by atoms with Crippen LogP contribution in [0.25, 0.3) is 0 Å². The average molecular weight is 242 g/mol. The number of rotatable bonds is 4. The van der Waals surface area contributed by atoms with Crippen LogP contribution in [0.1, 0.15) is 24.9 Å². The quantitative estimate of drug-likeness (QED) is 0.847. The van der Waals surface area contributed by atoms with Crippen LogP contribution in [0.15, 0.2) is 24.3 Å². The van der Waals surface area contributed by atoms with E-state index in [-0.39, 0.29) is 12.3 Å². The maximum absolute atomic E-state index is 10.9. The van der Waals surface area contributed by atoms with Crippen LogP contribution in [0.2, 0.25) is 5.02 Å². The van der Waals surface area contributed by atoms with E-state index < -0.39 is 12.0 Å². The third-order valence-electron chi connectivity index (χ3n) is 2.03. The lowest BCUT2D eigenvalue weighted by molar-refractivity contribution is -0.137. The van der Waals surface area contributed by atoms with E-state index in [0.717, 1.165) is 5.56 Å². The predicted octanol–water partition coefficient (Wildman–Crippen LogP) is 1.99. The number of carbonyl (C=O) groups excluding carboxylic acids is 1. The molecule has 1 amide bonds. The summed E-state index contributed by atoms with van der Waals surface area (Å²) in [5, 5.41) is 11.9. The van der Waals surface area contributed by atoms with Crippen LogP contribution in [-0.2, 0) is 9.59 Å². The molecule has 1 atom stereocenters. The fraction of sp³-hybridized carbons (Fsp3) is 0.273. The summed E-state index contributed by atoms with van der Waals surface area (Å²) in [5.74, 6) is -1.23. The summed E-state index contributed by atoms with van der Waals surface area (Å²) in [7, 11) is 0. The molecule has 1 rings (SSSR count). The summed E-state index contributed by atoms with van der Waals surface area (Å²) in [5.41, 5.74) is 0.724. The van der Waals surface area contributed by atoms with Gasteiger partial charge in [0.2, 0.25) is 5.91 Å². The molecule has 0 radical (unpaired) electrons. The molecule has 86 valence electrons. The molecule has 0 saturated carbocycles. The van der Waals surface area contributed by atoms with E-state index in [0.29, 0.717) is 5.02 Å². The Balaban J connectivity index is 2.86. The van der Waals surface area contributed by atoms with Crippen molar-refractivity contribution in [2.45, 2.75) is 19.4 Å². The molecule has 4 nitrogen and oxygen atoms in total. The van der Waals surface area contributed by atoms with Crippen molar-refractivity contribution in [3.8, 4) is 0 Å². The Hall–Kier alpha value is -1.55. The molecule has 0 aromatic heterocycles. The molecule has 5 heteroatoms. The molecule has 2 N–H and O–H groups in total. The van der Waals surface area contributed by atoms with Crippen molar-refractivity contribution in [1.82, 2.24) is 5.32 Å². The van der Waals surface area contributed by atoms with Crippen LogP contribution in [0, 0.1) is 0 Å². The summed E-state index contributed by atoms with van der Waals surface area (Å²) < 4.78 is 0. The number of benzene rings is 1. The third kappa shape index (κ3) is 3.90. The molecular weight excluding hydrogens is 230 g/mol. The van der Waals surface area contributed by atoms with Gasteiger partial charge in [0.25, 0.3) is 0 Å². The SMILES string of the molecule is CC(=O)N[C@@H](CC(=O)O)c1ccc(Cl)cc1. The molecule has 0 spiro atoms. The number of carbonyl (C=O) groups is 2. The van der Waals surface area contributed by atoms with Gasteiger partial charge in [-0.2, -0.15) is 0 Å². The van der Waals surface area contributed by atoms with Crippen molar-refractivity contribution in [3.63, 3.8) is 0 Å². The molecule has 1 aromatic rings.